The first-order chi connectivity index (χ1) is 8.08. The topological polar surface area (TPSA) is 25.8 Å². The SMILES string of the molecule is Cc1cc(-c2cc(C(F)F)ccn2)c(F)cn1. The first-order valence-electron chi connectivity index (χ1n) is 4.94. The van der Waals surface area contributed by atoms with Crippen LogP contribution in [0.2, 0.25) is 0 Å². The monoisotopic (exact) mass is 238 g/mol. The van der Waals surface area contributed by atoms with Crippen LogP contribution in [0.15, 0.2) is 30.6 Å². The third kappa shape index (κ3) is 2.43. The molecule has 17 heavy (non-hydrogen) atoms. The summed E-state index contributed by atoms with van der Waals surface area (Å²) < 4.78 is 38.5. The van der Waals surface area contributed by atoms with Crippen molar-refractivity contribution >= 4 is 0 Å². The summed E-state index contributed by atoms with van der Waals surface area (Å²) >= 11 is 0. The minimum Gasteiger partial charge on any atom is -0.259 e. The van der Waals surface area contributed by atoms with E-state index in [4.69, 9.17) is 0 Å². The van der Waals surface area contributed by atoms with Gasteiger partial charge in [-0.2, -0.15) is 0 Å². The Hall–Kier alpha value is -1.91. The molecule has 2 aromatic rings. The number of hydrogen-bond acceptors (Lipinski definition) is 2. The summed E-state index contributed by atoms with van der Waals surface area (Å²) in [4.78, 5) is 7.66. The van der Waals surface area contributed by atoms with Gasteiger partial charge in [0.05, 0.1) is 11.9 Å². The molecule has 5 heteroatoms. The van der Waals surface area contributed by atoms with Crippen LogP contribution < -0.4 is 0 Å². The van der Waals surface area contributed by atoms with Crippen LogP contribution in [0.3, 0.4) is 0 Å². The molecule has 0 spiro atoms. The molecule has 0 fully saturated rings. The Bertz CT molecular complexity index is 541. The van der Waals surface area contributed by atoms with Crippen molar-refractivity contribution in [3.63, 3.8) is 0 Å². The Morgan fingerprint density at radius 1 is 1.18 bits per heavy atom. The van der Waals surface area contributed by atoms with Gasteiger partial charge in [-0.1, -0.05) is 0 Å². The number of alkyl halides is 2. The molecule has 0 aromatic carbocycles. The lowest BCUT2D eigenvalue weighted by atomic mass is 10.1. The quantitative estimate of drug-likeness (QED) is 0.799. The number of rotatable bonds is 2. The molecular weight excluding hydrogens is 229 g/mol. The largest absolute Gasteiger partial charge is 0.263 e. The maximum Gasteiger partial charge on any atom is 0.263 e. The van der Waals surface area contributed by atoms with Gasteiger partial charge in [0.25, 0.3) is 6.43 Å². The second kappa shape index (κ2) is 4.53. The summed E-state index contributed by atoms with van der Waals surface area (Å²) in [5, 5.41) is 0. The maximum absolute atomic E-state index is 13.5. The van der Waals surface area contributed by atoms with Crippen LogP contribution in [-0.2, 0) is 0 Å². The van der Waals surface area contributed by atoms with E-state index in [0.29, 0.717) is 5.69 Å². The van der Waals surface area contributed by atoms with E-state index in [0.717, 1.165) is 6.20 Å². The van der Waals surface area contributed by atoms with Crippen molar-refractivity contribution in [3.8, 4) is 11.3 Å². The zero-order valence-corrected chi connectivity index (χ0v) is 8.99. The van der Waals surface area contributed by atoms with E-state index in [-0.39, 0.29) is 16.8 Å². The second-order valence-corrected chi connectivity index (χ2v) is 3.58. The molecule has 0 aliphatic carbocycles. The summed E-state index contributed by atoms with van der Waals surface area (Å²) in [6.45, 7) is 1.69. The van der Waals surface area contributed by atoms with E-state index in [1.54, 1.807) is 6.92 Å². The van der Waals surface area contributed by atoms with Crippen molar-refractivity contribution in [2.24, 2.45) is 0 Å². The zero-order valence-electron chi connectivity index (χ0n) is 8.99. The van der Waals surface area contributed by atoms with Gasteiger partial charge in [-0.3, -0.25) is 9.97 Å². The number of halogens is 3. The molecule has 0 N–H and O–H groups in total. The molecular formula is C12H9F3N2. The van der Waals surface area contributed by atoms with Gasteiger partial charge >= 0.3 is 0 Å². The molecule has 0 aliphatic heterocycles. The average molecular weight is 238 g/mol. The Kier molecular flexibility index (Phi) is 3.08. The lowest BCUT2D eigenvalue weighted by molar-refractivity contribution is 0.151. The van der Waals surface area contributed by atoms with Crippen molar-refractivity contribution in [2.45, 2.75) is 13.3 Å². The maximum atomic E-state index is 13.5. The van der Waals surface area contributed by atoms with Crippen molar-refractivity contribution in [1.29, 1.82) is 0 Å². The molecule has 0 aliphatic rings. The molecule has 2 nitrogen and oxygen atoms in total. The van der Waals surface area contributed by atoms with E-state index >= 15 is 0 Å². The third-order valence-corrected chi connectivity index (χ3v) is 2.30. The molecule has 88 valence electrons. The van der Waals surface area contributed by atoms with Gasteiger partial charge in [0.1, 0.15) is 0 Å². The van der Waals surface area contributed by atoms with Gasteiger partial charge in [0.2, 0.25) is 0 Å². The molecule has 0 radical (unpaired) electrons. The van der Waals surface area contributed by atoms with Crippen LogP contribution in [0.25, 0.3) is 11.3 Å². The summed E-state index contributed by atoms with van der Waals surface area (Å²) in [6, 6.07) is 3.87. The highest BCUT2D eigenvalue weighted by Crippen LogP contribution is 2.25. The summed E-state index contributed by atoms with van der Waals surface area (Å²) in [6.07, 6.45) is -0.296. The second-order valence-electron chi connectivity index (χ2n) is 3.58. The molecule has 2 rings (SSSR count). The van der Waals surface area contributed by atoms with Gasteiger partial charge in [-0.15, -0.1) is 0 Å². The van der Waals surface area contributed by atoms with Gasteiger partial charge < -0.3 is 0 Å². The summed E-state index contributed by atoms with van der Waals surface area (Å²) in [5.74, 6) is -0.575. The van der Waals surface area contributed by atoms with E-state index in [1.165, 1.54) is 24.4 Å². The number of nitrogens with zero attached hydrogens (tertiary/aromatic N) is 2. The standard InChI is InChI=1S/C12H9F3N2/c1-7-4-9(10(13)6-17-7)11-5-8(12(14)15)2-3-16-11/h2-6,12H,1H3. The minimum absolute atomic E-state index is 0.177. The summed E-state index contributed by atoms with van der Waals surface area (Å²) in [5.41, 5.74) is 0.792. The van der Waals surface area contributed by atoms with Crippen LogP contribution in [0, 0.1) is 12.7 Å². The van der Waals surface area contributed by atoms with Gasteiger partial charge in [-0.05, 0) is 25.1 Å². The zero-order chi connectivity index (χ0) is 12.4. The fraction of sp³-hybridized carbons (Fsp3) is 0.167. The van der Waals surface area contributed by atoms with Crippen molar-refractivity contribution in [2.75, 3.05) is 0 Å². The van der Waals surface area contributed by atoms with E-state index < -0.39 is 12.2 Å². The number of pyridine rings is 2. The highest BCUT2D eigenvalue weighted by Gasteiger charge is 2.12. The Morgan fingerprint density at radius 3 is 2.65 bits per heavy atom. The Labute approximate surface area is 96.2 Å². The first-order valence-corrected chi connectivity index (χ1v) is 4.94. The number of hydrogen-bond donors (Lipinski definition) is 0. The van der Waals surface area contributed by atoms with Crippen LogP contribution in [0.5, 0.6) is 0 Å². The molecule has 0 unspecified atom stereocenters. The highest BCUT2D eigenvalue weighted by molar-refractivity contribution is 5.60. The Balaban J connectivity index is 2.52. The van der Waals surface area contributed by atoms with Crippen LogP contribution in [-0.4, -0.2) is 9.97 Å². The van der Waals surface area contributed by atoms with Crippen molar-refractivity contribution < 1.29 is 13.2 Å². The molecule has 0 bridgehead atoms. The number of aryl methyl sites for hydroxylation is 1. The molecule has 2 aromatic heterocycles. The van der Waals surface area contributed by atoms with Crippen LogP contribution in [0.1, 0.15) is 17.7 Å². The van der Waals surface area contributed by atoms with Crippen molar-refractivity contribution in [3.05, 3.63) is 47.7 Å². The normalized spacial score (nSPS) is 10.9. The Morgan fingerprint density at radius 2 is 1.94 bits per heavy atom. The molecule has 0 atom stereocenters. The lowest BCUT2D eigenvalue weighted by Crippen LogP contribution is -1.93. The van der Waals surface area contributed by atoms with E-state index in [1.807, 2.05) is 0 Å². The molecule has 0 saturated carbocycles. The third-order valence-electron chi connectivity index (χ3n) is 2.30. The smallest absolute Gasteiger partial charge is 0.259 e. The first kappa shape index (κ1) is 11.6. The number of aromatic nitrogens is 2. The van der Waals surface area contributed by atoms with Crippen LogP contribution >= 0.6 is 0 Å². The van der Waals surface area contributed by atoms with E-state index in [9.17, 15) is 13.2 Å². The lowest BCUT2D eigenvalue weighted by Gasteiger charge is -2.05. The van der Waals surface area contributed by atoms with Crippen LogP contribution in [0.4, 0.5) is 13.2 Å². The van der Waals surface area contributed by atoms with Gasteiger partial charge in [0.15, 0.2) is 5.82 Å². The molecule has 2 heterocycles. The molecule has 0 saturated heterocycles. The average Bonchev–Trinajstić information content (AvgIpc) is 2.32. The van der Waals surface area contributed by atoms with E-state index in [2.05, 4.69) is 9.97 Å². The minimum atomic E-state index is -2.59. The van der Waals surface area contributed by atoms with Crippen molar-refractivity contribution in [1.82, 2.24) is 9.97 Å². The highest BCUT2D eigenvalue weighted by atomic mass is 19.3. The summed E-state index contributed by atoms with van der Waals surface area (Å²) in [7, 11) is 0. The van der Waals surface area contributed by atoms with Gasteiger partial charge in [-0.25, -0.2) is 13.2 Å². The van der Waals surface area contributed by atoms with Gasteiger partial charge in [0, 0.05) is 23.0 Å². The fourth-order valence-corrected chi connectivity index (χ4v) is 1.47. The predicted molar refractivity (Wildman–Crippen MR) is 57.1 cm³/mol. The predicted octanol–water partition coefficient (Wildman–Crippen LogP) is 3.53. The fourth-order valence-electron chi connectivity index (χ4n) is 1.47. The molecule has 0 amide bonds.